The van der Waals surface area contributed by atoms with Gasteiger partial charge in [-0.2, -0.15) is 0 Å². The molecule has 0 unspecified atom stereocenters. The molecule has 0 heterocycles. The fourth-order valence-electron chi connectivity index (χ4n) is 2.58. The normalized spacial score (nSPS) is 17.4. The van der Waals surface area contributed by atoms with Crippen molar-refractivity contribution in [2.24, 2.45) is 5.41 Å². The molecule has 1 aliphatic carbocycles. The second kappa shape index (κ2) is 6.26. The molecule has 0 atom stereocenters. The molecule has 5 heteroatoms. The lowest BCUT2D eigenvalue weighted by atomic mass is 9.75. The molecule has 0 aromatic carbocycles. The maximum Gasteiger partial charge on any atom is 0.315 e. The van der Waals surface area contributed by atoms with Crippen LogP contribution in [0.25, 0.3) is 0 Å². The smallest absolute Gasteiger partial charge is 0.315 e. The van der Waals surface area contributed by atoms with Gasteiger partial charge in [-0.3, -0.25) is 4.79 Å². The Bertz CT molecular complexity index is 328. The summed E-state index contributed by atoms with van der Waals surface area (Å²) >= 11 is 0. The average Bonchev–Trinajstić information content (AvgIpc) is 2.35. The van der Waals surface area contributed by atoms with Gasteiger partial charge in [0.1, 0.15) is 0 Å². The predicted octanol–water partition coefficient (Wildman–Crippen LogP) is 2.51. The summed E-state index contributed by atoms with van der Waals surface area (Å²) in [4.78, 5) is 23.2. The first-order valence-electron chi connectivity index (χ1n) is 7.23. The van der Waals surface area contributed by atoms with Crippen molar-refractivity contribution in [2.45, 2.75) is 64.8 Å². The Balaban J connectivity index is 2.50. The van der Waals surface area contributed by atoms with Crippen LogP contribution in [0, 0.1) is 5.41 Å². The molecule has 1 aliphatic rings. The van der Waals surface area contributed by atoms with Gasteiger partial charge in [0, 0.05) is 12.1 Å². The monoisotopic (exact) mass is 270 g/mol. The largest absolute Gasteiger partial charge is 0.481 e. The van der Waals surface area contributed by atoms with E-state index in [0.29, 0.717) is 12.8 Å². The minimum absolute atomic E-state index is 0.0611. The number of carboxylic acids is 1. The number of urea groups is 1. The van der Waals surface area contributed by atoms with Crippen LogP contribution in [-0.2, 0) is 4.79 Å². The summed E-state index contributed by atoms with van der Waals surface area (Å²) in [6.07, 6.45) is 5.13. The van der Waals surface area contributed by atoms with Gasteiger partial charge >= 0.3 is 12.0 Å². The van der Waals surface area contributed by atoms with E-state index in [2.05, 4.69) is 17.6 Å². The van der Waals surface area contributed by atoms with E-state index < -0.39 is 11.4 Å². The maximum atomic E-state index is 11.9. The molecule has 0 saturated heterocycles. The number of nitrogens with one attached hydrogen (secondary N) is 2. The quantitative estimate of drug-likeness (QED) is 0.665. The number of rotatable bonds is 7. The molecule has 0 bridgehead atoms. The minimum atomic E-state index is -0.851. The van der Waals surface area contributed by atoms with Crippen LogP contribution in [0.1, 0.15) is 59.3 Å². The summed E-state index contributed by atoms with van der Waals surface area (Å²) in [5.74, 6) is -0.841. The second-order valence-electron chi connectivity index (χ2n) is 5.59. The molecule has 2 amide bonds. The van der Waals surface area contributed by atoms with Crippen LogP contribution in [0.4, 0.5) is 4.79 Å². The zero-order valence-corrected chi connectivity index (χ0v) is 12.2. The molecule has 5 nitrogen and oxygen atoms in total. The molecule has 0 radical (unpaired) electrons. The van der Waals surface area contributed by atoms with Crippen molar-refractivity contribution < 1.29 is 14.7 Å². The van der Waals surface area contributed by atoms with E-state index in [1.54, 1.807) is 0 Å². The van der Waals surface area contributed by atoms with Crippen molar-refractivity contribution in [1.82, 2.24) is 10.6 Å². The van der Waals surface area contributed by atoms with Gasteiger partial charge in [0.2, 0.25) is 0 Å². The Morgan fingerprint density at radius 3 is 2.11 bits per heavy atom. The third kappa shape index (κ3) is 3.39. The summed E-state index contributed by atoms with van der Waals surface area (Å²) in [6, 6.07) is -0.242. The fourth-order valence-corrected chi connectivity index (χ4v) is 2.58. The molecule has 1 rings (SSSR count). The Kier molecular flexibility index (Phi) is 5.20. The zero-order chi connectivity index (χ0) is 14.5. The highest BCUT2D eigenvalue weighted by Crippen LogP contribution is 2.34. The second-order valence-corrected chi connectivity index (χ2v) is 5.59. The standard InChI is InChI=1S/C14H26N2O3/c1-4-13(5-2,11(17)18)10-15-12(19)16-14(6-3)8-7-9-14/h4-10H2,1-3H3,(H,17,18)(H2,15,16,19). The van der Waals surface area contributed by atoms with Gasteiger partial charge < -0.3 is 15.7 Å². The lowest BCUT2D eigenvalue weighted by Gasteiger charge is -2.42. The first kappa shape index (κ1) is 15.8. The van der Waals surface area contributed by atoms with Crippen LogP contribution in [0.3, 0.4) is 0 Å². The predicted molar refractivity (Wildman–Crippen MR) is 74.1 cm³/mol. The minimum Gasteiger partial charge on any atom is -0.481 e. The van der Waals surface area contributed by atoms with Crippen LogP contribution in [0.5, 0.6) is 0 Å². The third-order valence-electron chi connectivity index (χ3n) is 4.76. The van der Waals surface area contributed by atoms with Crippen molar-refractivity contribution in [3.63, 3.8) is 0 Å². The van der Waals surface area contributed by atoms with E-state index in [1.807, 2.05) is 13.8 Å². The lowest BCUT2D eigenvalue weighted by molar-refractivity contribution is -0.149. The van der Waals surface area contributed by atoms with E-state index in [9.17, 15) is 14.7 Å². The molecule has 110 valence electrons. The SMILES string of the molecule is CCC1(NC(=O)NCC(CC)(CC)C(=O)O)CCC1. The van der Waals surface area contributed by atoms with Crippen molar-refractivity contribution in [1.29, 1.82) is 0 Å². The molecular formula is C14H26N2O3. The summed E-state index contributed by atoms with van der Waals surface area (Å²) in [5.41, 5.74) is -0.912. The fraction of sp³-hybridized carbons (Fsp3) is 0.857. The maximum absolute atomic E-state index is 11.9. The number of aliphatic carboxylic acids is 1. The average molecular weight is 270 g/mol. The molecular weight excluding hydrogens is 244 g/mol. The van der Waals surface area contributed by atoms with Crippen LogP contribution in [0.15, 0.2) is 0 Å². The van der Waals surface area contributed by atoms with Crippen LogP contribution >= 0.6 is 0 Å². The first-order chi connectivity index (χ1) is 8.93. The molecule has 0 aromatic heterocycles. The van der Waals surface area contributed by atoms with Crippen molar-refractivity contribution in [3.05, 3.63) is 0 Å². The van der Waals surface area contributed by atoms with E-state index >= 15 is 0 Å². The summed E-state index contributed by atoms with van der Waals surface area (Å²) < 4.78 is 0. The van der Waals surface area contributed by atoms with E-state index in [1.165, 1.54) is 0 Å². The van der Waals surface area contributed by atoms with Gasteiger partial charge in [-0.1, -0.05) is 20.8 Å². The van der Waals surface area contributed by atoms with Crippen LogP contribution in [0.2, 0.25) is 0 Å². The van der Waals surface area contributed by atoms with Crippen molar-refractivity contribution in [3.8, 4) is 0 Å². The number of carbonyl (C=O) groups excluding carboxylic acids is 1. The molecule has 0 aromatic rings. The first-order valence-corrected chi connectivity index (χ1v) is 7.23. The molecule has 1 saturated carbocycles. The number of carboxylic acid groups (broad SMARTS) is 1. The Hall–Kier alpha value is -1.26. The zero-order valence-electron chi connectivity index (χ0n) is 12.2. The highest BCUT2D eigenvalue weighted by Gasteiger charge is 2.38. The highest BCUT2D eigenvalue weighted by molar-refractivity contribution is 5.78. The van der Waals surface area contributed by atoms with Crippen LogP contribution < -0.4 is 10.6 Å². The van der Waals surface area contributed by atoms with Gasteiger partial charge in [-0.15, -0.1) is 0 Å². The van der Waals surface area contributed by atoms with Gasteiger partial charge in [-0.25, -0.2) is 4.79 Å². The Morgan fingerprint density at radius 1 is 1.21 bits per heavy atom. The van der Waals surface area contributed by atoms with Gasteiger partial charge in [-0.05, 0) is 38.5 Å². The molecule has 3 N–H and O–H groups in total. The van der Waals surface area contributed by atoms with Gasteiger partial charge in [0.25, 0.3) is 0 Å². The number of hydrogen-bond acceptors (Lipinski definition) is 2. The topological polar surface area (TPSA) is 78.4 Å². The third-order valence-corrected chi connectivity index (χ3v) is 4.76. The van der Waals surface area contributed by atoms with E-state index in [-0.39, 0.29) is 18.1 Å². The molecule has 0 aliphatic heterocycles. The summed E-state index contributed by atoms with van der Waals surface area (Å²) in [6.45, 7) is 5.94. The van der Waals surface area contributed by atoms with Crippen molar-refractivity contribution >= 4 is 12.0 Å². The number of hydrogen-bond donors (Lipinski definition) is 3. The number of carbonyl (C=O) groups is 2. The molecule has 0 spiro atoms. The molecule has 1 fully saturated rings. The Morgan fingerprint density at radius 2 is 1.79 bits per heavy atom. The van der Waals surface area contributed by atoms with E-state index in [0.717, 1.165) is 25.7 Å². The van der Waals surface area contributed by atoms with Gasteiger partial charge in [0.05, 0.1) is 5.41 Å². The highest BCUT2D eigenvalue weighted by atomic mass is 16.4. The van der Waals surface area contributed by atoms with E-state index in [4.69, 9.17) is 0 Å². The summed E-state index contributed by atoms with van der Waals surface area (Å²) in [7, 11) is 0. The van der Waals surface area contributed by atoms with Crippen molar-refractivity contribution in [2.75, 3.05) is 6.54 Å². The molecule has 19 heavy (non-hydrogen) atoms. The Labute approximate surface area is 115 Å². The summed E-state index contributed by atoms with van der Waals surface area (Å²) in [5, 5.41) is 15.0. The van der Waals surface area contributed by atoms with Gasteiger partial charge in [0.15, 0.2) is 0 Å². The number of amides is 2. The lowest BCUT2D eigenvalue weighted by Crippen LogP contribution is -2.57. The van der Waals surface area contributed by atoms with Crippen LogP contribution in [-0.4, -0.2) is 29.2 Å².